The summed E-state index contributed by atoms with van der Waals surface area (Å²) in [5, 5.41) is 24.9. The molecule has 9 nitrogen and oxygen atoms in total. The number of pyridine rings is 1. The molecule has 1 amide bonds. The van der Waals surface area contributed by atoms with E-state index in [4.69, 9.17) is 14.2 Å². The average Bonchev–Trinajstić information content (AvgIpc) is 3.76. The number of carbonyl (C=O) groups is 1. The van der Waals surface area contributed by atoms with Crippen molar-refractivity contribution in [2.45, 2.75) is 55.4 Å². The van der Waals surface area contributed by atoms with E-state index >= 15 is 0 Å². The van der Waals surface area contributed by atoms with E-state index in [2.05, 4.69) is 10.3 Å². The molecule has 2 aliphatic rings. The molecule has 2 aromatic carbocycles. The summed E-state index contributed by atoms with van der Waals surface area (Å²) in [5.41, 5.74) is -10.2. The summed E-state index contributed by atoms with van der Waals surface area (Å²) in [6.45, 7) is -2.27. The first-order valence-corrected chi connectivity index (χ1v) is 14.3. The smallest absolute Gasteiger partial charge is 0.424 e. The number of amides is 1. The predicted octanol–water partition coefficient (Wildman–Crippen LogP) is 4.74. The van der Waals surface area contributed by atoms with E-state index in [1.54, 1.807) is 0 Å². The first-order valence-electron chi connectivity index (χ1n) is 14.3. The molecule has 0 radical (unpaired) electrons. The molecule has 47 heavy (non-hydrogen) atoms. The fourth-order valence-corrected chi connectivity index (χ4v) is 5.09. The molecule has 1 aliphatic heterocycles. The molecule has 16 heteroatoms. The SMILES string of the molecule is COc1cc(C(=O)NCC(O)(c2cc3c(c(-c4ccc(F)cc4)n2)OC[C@@]3(NC(C)CO)C(F)(F)F)C(F)(F)F)ccc1OC1CC1. The molecule has 1 saturated carbocycles. The van der Waals surface area contributed by atoms with E-state index in [1.807, 2.05) is 5.32 Å². The van der Waals surface area contributed by atoms with Gasteiger partial charge in [-0.15, -0.1) is 0 Å². The monoisotopic (exact) mass is 673 g/mol. The average molecular weight is 674 g/mol. The molecule has 1 aromatic heterocycles. The number of aromatic nitrogens is 1. The number of rotatable bonds is 11. The summed E-state index contributed by atoms with van der Waals surface area (Å²) in [6, 6.07) is 7.06. The van der Waals surface area contributed by atoms with Crippen molar-refractivity contribution in [1.82, 2.24) is 15.6 Å². The highest BCUT2D eigenvalue weighted by Gasteiger charge is 2.63. The van der Waals surface area contributed by atoms with Gasteiger partial charge in [-0.1, -0.05) is 0 Å². The Morgan fingerprint density at radius 1 is 1.09 bits per heavy atom. The van der Waals surface area contributed by atoms with Crippen molar-refractivity contribution in [3.8, 4) is 28.5 Å². The highest BCUT2D eigenvalue weighted by Crippen LogP contribution is 2.52. The summed E-state index contributed by atoms with van der Waals surface area (Å²) in [7, 11) is 1.30. The third-order valence-corrected chi connectivity index (χ3v) is 7.88. The number of aliphatic hydroxyl groups excluding tert-OH is 1. The number of methoxy groups -OCH3 is 1. The zero-order chi connectivity index (χ0) is 34.4. The zero-order valence-electron chi connectivity index (χ0n) is 24.9. The van der Waals surface area contributed by atoms with Crippen molar-refractivity contribution in [3.63, 3.8) is 0 Å². The number of carbonyl (C=O) groups excluding carboxylic acids is 1. The lowest BCUT2D eigenvalue weighted by molar-refractivity contribution is -0.265. The molecule has 0 bridgehead atoms. The maximum absolute atomic E-state index is 14.8. The van der Waals surface area contributed by atoms with Crippen molar-refractivity contribution in [2.24, 2.45) is 0 Å². The minimum atomic E-state index is -5.59. The maximum atomic E-state index is 14.8. The Kier molecular flexibility index (Phi) is 9.07. The number of benzene rings is 2. The van der Waals surface area contributed by atoms with E-state index in [0.717, 1.165) is 37.1 Å². The van der Waals surface area contributed by atoms with Gasteiger partial charge in [0.1, 0.15) is 18.1 Å². The lowest BCUT2D eigenvalue weighted by atomic mass is 9.86. The van der Waals surface area contributed by atoms with Gasteiger partial charge in [0.25, 0.3) is 5.91 Å². The second kappa shape index (κ2) is 12.5. The third-order valence-electron chi connectivity index (χ3n) is 7.88. The molecule has 3 aromatic rings. The second-order valence-corrected chi connectivity index (χ2v) is 11.4. The summed E-state index contributed by atoms with van der Waals surface area (Å²) in [4.78, 5) is 16.9. The maximum Gasteiger partial charge on any atom is 0.424 e. The molecule has 254 valence electrons. The fraction of sp³-hybridized carbons (Fsp3) is 0.419. The van der Waals surface area contributed by atoms with Gasteiger partial charge in [-0.3, -0.25) is 10.1 Å². The quantitative estimate of drug-likeness (QED) is 0.216. The number of hydrogen-bond acceptors (Lipinski definition) is 8. The standard InChI is InChI=1S/C31H30F7N3O6/c1-16(13-42)41-28(30(33,34)35)15-46-26-21(28)12-24(40-25(26)17-3-6-19(32)7-4-17)29(44,31(36,37)38)14-39-27(43)18-5-10-22(23(11-18)45-2)47-20-8-9-20/h3-7,10-12,16,20,41-42,44H,8-9,13-15H2,1-2H3,(H,39,43)/t16?,28-,29?/m0/s1. The van der Waals surface area contributed by atoms with Gasteiger partial charge >= 0.3 is 12.4 Å². The van der Waals surface area contributed by atoms with E-state index in [9.17, 15) is 45.7 Å². The van der Waals surface area contributed by atoms with E-state index in [0.29, 0.717) is 11.8 Å². The van der Waals surface area contributed by atoms with Crippen molar-refractivity contribution in [1.29, 1.82) is 0 Å². The van der Waals surface area contributed by atoms with Crippen LogP contribution in [0.25, 0.3) is 11.3 Å². The lowest BCUT2D eigenvalue weighted by Gasteiger charge is -2.35. The summed E-state index contributed by atoms with van der Waals surface area (Å²) in [6.07, 6.45) is -9.15. The zero-order valence-corrected chi connectivity index (χ0v) is 24.9. The van der Waals surface area contributed by atoms with Crippen LogP contribution in [0, 0.1) is 5.82 Å². The Morgan fingerprint density at radius 3 is 2.34 bits per heavy atom. The van der Waals surface area contributed by atoms with Crippen LogP contribution in [0.1, 0.15) is 41.4 Å². The minimum Gasteiger partial charge on any atom is -0.493 e. The topological polar surface area (TPSA) is 122 Å². The van der Waals surface area contributed by atoms with Crippen LogP contribution in [0.2, 0.25) is 0 Å². The second-order valence-electron chi connectivity index (χ2n) is 11.4. The summed E-state index contributed by atoms with van der Waals surface area (Å²) >= 11 is 0. The molecule has 1 fully saturated rings. The first-order chi connectivity index (χ1) is 22.0. The van der Waals surface area contributed by atoms with Gasteiger partial charge in [-0.25, -0.2) is 9.37 Å². The number of hydrogen-bond donors (Lipinski definition) is 4. The van der Waals surface area contributed by atoms with E-state index in [1.165, 1.54) is 32.2 Å². The lowest BCUT2D eigenvalue weighted by Crippen LogP contribution is -2.59. The first kappa shape index (κ1) is 34.2. The van der Waals surface area contributed by atoms with Crippen molar-refractivity contribution in [2.75, 3.05) is 26.9 Å². The Bertz CT molecular complexity index is 1630. The highest BCUT2D eigenvalue weighted by atomic mass is 19.4. The minimum absolute atomic E-state index is 0.0199. The number of ether oxygens (including phenoxy) is 3. The van der Waals surface area contributed by atoms with Crippen LogP contribution in [0.4, 0.5) is 30.7 Å². The number of nitrogens with zero attached hydrogens (tertiary/aromatic N) is 1. The summed E-state index contributed by atoms with van der Waals surface area (Å²) in [5.74, 6) is -1.94. The molecule has 0 spiro atoms. The third kappa shape index (κ3) is 6.53. The molecule has 1 aliphatic carbocycles. The van der Waals surface area contributed by atoms with Gasteiger partial charge < -0.3 is 29.7 Å². The van der Waals surface area contributed by atoms with Gasteiger partial charge in [-0.2, -0.15) is 26.3 Å². The van der Waals surface area contributed by atoms with Gasteiger partial charge in [0, 0.05) is 22.7 Å². The van der Waals surface area contributed by atoms with Crippen LogP contribution in [0.3, 0.4) is 0 Å². The Balaban J connectivity index is 1.59. The predicted molar refractivity (Wildman–Crippen MR) is 151 cm³/mol. The molecule has 2 unspecified atom stereocenters. The molecule has 3 atom stereocenters. The molecule has 4 N–H and O–H groups in total. The van der Waals surface area contributed by atoms with Crippen molar-refractivity contribution in [3.05, 3.63) is 71.2 Å². The van der Waals surface area contributed by atoms with Crippen LogP contribution >= 0.6 is 0 Å². The number of halogens is 7. The van der Waals surface area contributed by atoms with Gasteiger partial charge in [0.15, 0.2) is 22.8 Å². The van der Waals surface area contributed by atoms with Crippen LogP contribution < -0.4 is 24.8 Å². The number of fused-ring (bicyclic) bond motifs is 1. The van der Waals surface area contributed by atoms with E-state index < -0.39 is 83.7 Å². The normalized spacial score (nSPS) is 19.7. The van der Waals surface area contributed by atoms with Gasteiger partial charge in [0.05, 0.1) is 32.1 Å². The number of aliphatic hydroxyl groups is 2. The van der Waals surface area contributed by atoms with Crippen molar-refractivity contribution < 1.29 is 60.0 Å². The molecule has 0 saturated heterocycles. The van der Waals surface area contributed by atoms with Gasteiger partial charge in [-0.05, 0) is 68.3 Å². The van der Waals surface area contributed by atoms with Crippen LogP contribution in [-0.4, -0.2) is 72.5 Å². The Labute approximate surface area is 263 Å². The Hall–Kier alpha value is -4.15. The number of nitrogens with one attached hydrogen (secondary N) is 2. The number of alkyl halides is 6. The molecule has 2 heterocycles. The molecule has 5 rings (SSSR count). The summed E-state index contributed by atoms with van der Waals surface area (Å²) < 4.78 is 119. The molecular weight excluding hydrogens is 643 g/mol. The van der Waals surface area contributed by atoms with Gasteiger partial charge in [0.2, 0.25) is 5.60 Å². The molecular formula is C31H30F7N3O6. The fourth-order valence-electron chi connectivity index (χ4n) is 5.09. The van der Waals surface area contributed by atoms with Crippen molar-refractivity contribution >= 4 is 5.91 Å². The van der Waals surface area contributed by atoms with Crippen LogP contribution in [0.15, 0.2) is 48.5 Å². The van der Waals surface area contributed by atoms with Crippen LogP contribution in [0.5, 0.6) is 17.2 Å². The highest BCUT2D eigenvalue weighted by molar-refractivity contribution is 5.95. The van der Waals surface area contributed by atoms with Crippen LogP contribution in [-0.2, 0) is 11.1 Å². The largest absolute Gasteiger partial charge is 0.493 e. The Morgan fingerprint density at radius 2 is 1.77 bits per heavy atom. The van der Waals surface area contributed by atoms with E-state index in [-0.39, 0.29) is 23.0 Å².